The van der Waals surface area contributed by atoms with Crippen molar-refractivity contribution in [2.24, 2.45) is 5.92 Å². The number of hydrogen-bond donors (Lipinski definition) is 2. The molecule has 5 nitrogen and oxygen atoms in total. The first kappa shape index (κ1) is 16.8. The van der Waals surface area contributed by atoms with Gasteiger partial charge in [-0.2, -0.15) is 4.98 Å². The second-order valence-electron chi connectivity index (χ2n) is 9.15. The second-order valence-corrected chi connectivity index (χ2v) is 9.15. The number of aromatic nitrogens is 2. The maximum atomic E-state index is 6.27. The van der Waals surface area contributed by atoms with Crippen LogP contribution in [0.2, 0.25) is 0 Å². The van der Waals surface area contributed by atoms with E-state index in [2.05, 4.69) is 10.2 Å². The second kappa shape index (κ2) is 6.66. The van der Waals surface area contributed by atoms with Crippen molar-refractivity contribution in [3.63, 3.8) is 0 Å². The molecule has 0 aromatic carbocycles. The fraction of sp³-hybridized carbons (Fsp3) is 0.810. The number of hydrogen-bond acceptors (Lipinski definition) is 5. The van der Waals surface area contributed by atoms with Crippen LogP contribution in [-0.4, -0.2) is 35.6 Å². The lowest BCUT2D eigenvalue weighted by Crippen LogP contribution is -2.40. The standard InChI is InChI=1S/C21H33N5/c22-20-24-18-16(8-2-5-11-21(18)9-3-1-4-10-21)19(25-20)26-13-15-7-6-12-23-17(15)14-26/h15,17,23H,1-14H2,(H2,22,24,25)/t15-,17-/m0/s1. The minimum absolute atomic E-state index is 0.278. The lowest BCUT2D eigenvalue weighted by molar-refractivity contribution is 0.265. The van der Waals surface area contributed by atoms with E-state index in [0.717, 1.165) is 25.4 Å². The predicted octanol–water partition coefficient (Wildman–Crippen LogP) is 3.18. The predicted molar refractivity (Wildman–Crippen MR) is 105 cm³/mol. The lowest BCUT2D eigenvalue weighted by atomic mass is 9.68. The Morgan fingerprint density at radius 1 is 0.962 bits per heavy atom. The van der Waals surface area contributed by atoms with E-state index in [-0.39, 0.29) is 5.41 Å². The van der Waals surface area contributed by atoms with Gasteiger partial charge in [0.1, 0.15) is 5.82 Å². The molecule has 0 radical (unpaired) electrons. The molecule has 3 fully saturated rings. The van der Waals surface area contributed by atoms with Crippen molar-refractivity contribution in [2.75, 3.05) is 30.3 Å². The van der Waals surface area contributed by atoms with Crippen molar-refractivity contribution in [3.8, 4) is 0 Å². The average molecular weight is 356 g/mol. The molecule has 0 amide bonds. The minimum Gasteiger partial charge on any atom is -0.368 e. The number of nitrogens with one attached hydrogen (secondary N) is 1. The summed E-state index contributed by atoms with van der Waals surface area (Å²) in [5.74, 6) is 2.44. The summed E-state index contributed by atoms with van der Waals surface area (Å²) in [5, 5.41) is 3.73. The van der Waals surface area contributed by atoms with E-state index in [9.17, 15) is 0 Å². The number of piperidine rings is 1. The van der Waals surface area contributed by atoms with Gasteiger partial charge in [0.2, 0.25) is 5.95 Å². The molecule has 2 aliphatic heterocycles. The third-order valence-corrected chi connectivity index (χ3v) is 7.55. The molecular weight excluding hydrogens is 322 g/mol. The van der Waals surface area contributed by atoms with Gasteiger partial charge >= 0.3 is 0 Å². The maximum absolute atomic E-state index is 6.27. The van der Waals surface area contributed by atoms with Crippen LogP contribution in [0.25, 0.3) is 0 Å². The van der Waals surface area contributed by atoms with Gasteiger partial charge in [-0.15, -0.1) is 0 Å². The van der Waals surface area contributed by atoms with E-state index in [1.165, 1.54) is 87.8 Å². The van der Waals surface area contributed by atoms with Crippen LogP contribution >= 0.6 is 0 Å². The summed E-state index contributed by atoms with van der Waals surface area (Å²) in [4.78, 5) is 12.2. The van der Waals surface area contributed by atoms with Gasteiger partial charge < -0.3 is 16.0 Å². The molecule has 4 aliphatic rings. The van der Waals surface area contributed by atoms with Crippen molar-refractivity contribution in [2.45, 2.75) is 82.1 Å². The van der Waals surface area contributed by atoms with Crippen molar-refractivity contribution < 1.29 is 0 Å². The molecule has 0 bridgehead atoms. The first-order valence-corrected chi connectivity index (χ1v) is 10.9. The molecule has 1 aromatic rings. The molecule has 5 heteroatoms. The largest absolute Gasteiger partial charge is 0.368 e. The van der Waals surface area contributed by atoms with Crippen LogP contribution in [0.4, 0.5) is 11.8 Å². The van der Waals surface area contributed by atoms with Crippen molar-refractivity contribution >= 4 is 11.8 Å². The van der Waals surface area contributed by atoms with Crippen LogP contribution in [0.3, 0.4) is 0 Å². The molecular formula is C21H33N5. The molecule has 3 heterocycles. The normalized spacial score (nSPS) is 30.7. The lowest BCUT2D eigenvalue weighted by Gasteiger charge is -2.38. The van der Waals surface area contributed by atoms with Crippen LogP contribution in [0.1, 0.15) is 75.5 Å². The number of fused-ring (bicyclic) bond motifs is 3. The van der Waals surface area contributed by atoms with Gasteiger partial charge in [-0.3, -0.25) is 0 Å². The third-order valence-electron chi connectivity index (χ3n) is 7.55. The van der Waals surface area contributed by atoms with E-state index < -0.39 is 0 Å². The summed E-state index contributed by atoms with van der Waals surface area (Å²) in [6, 6.07) is 0.630. The maximum Gasteiger partial charge on any atom is 0.222 e. The highest BCUT2D eigenvalue weighted by Crippen LogP contribution is 2.47. The highest BCUT2D eigenvalue weighted by molar-refractivity contribution is 5.55. The molecule has 142 valence electrons. The zero-order chi connectivity index (χ0) is 17.6. The Labute approximate surface area is 157 Å². The molecule has 5 rings (SSSR count). The molecule has 1 saturated carbocycles. The summed E-state index contributed by atoms with van der Waals surface area (Å²) >= 11 is 0. The molecule has 0 unspecified atom stereocenters. The van der Waals surface area contributed by atoms with Crippen molar-refractivity contribution in [3.05, 3.63) is 11.3 Å². The number of nitrogens with two attached hydrogens (primary N) is 1. The van der Waals surface area contributed by atoms with Gasteiger partial charge in [-0.1, -0.05) is 25.7 Å². The van der Waals surface area contributed by atoms with E-state index >= 15 is 0 Å². The number of nitrogens with zero attached hydrogens (tertiary/aromatic N) is 3. The molecule has 2 aliphatic carbocycles. The van der Waals surface area contributed by atoms with E-state index in [1.807, 2.05) is 0 Å². The van der Waals surface area contributed by atoms with Crippen LogP contribution < -0.4 is 16.0 Å². The Bertz CT molecular complexity index is 653. The fourth-order valence-electron chi connectivity index (χ4n) is 6.24. The van der Waals surface area contributed by atoms with E-state index in [1.54, 1.807) is 0 Å². The van der Waals surface area contributed by atoms with Gasteiger partial charge in [0.25, 0.3) is 0 Å². The molecule has 2 saturated heterocycles. The molecule has 2 atom stereocenters. The Kier molecular flexibility index (Phi) is 4.30. The summed E-state index contributed by atoms with van der Waals surface area (Å²) in [6.07, 6.45) is 14.3. The molecule has 3 N–H and O–H groups in total. The molecule has 26 heavy (non-hydrogen) atoms. The Morgan fingerprint density at radius 2 is 1.77 bits per heavy atom. The summed E-state index contributed by atoms with van der Waals surface area (Å²) < 4.78 is 0. The van der Waals surface area contributed by atoms with Gasteiger partial charge in [-0.05, 0) is 57.4 Å². The quantitative estimate of drug-likeness (QED) is 0.810. The monoisotopic (exact) mass is 355 g/mol. The van der Waals surface area contributed by atoms with Crippen molar-refractivity contribution in [1.29, 1.82) is 0 Å². The van der Waals surface area contributed by atoms with E-state index in [0.29, 0.717) is 12.0 Å². The first-order chi connectivity index (χ1) is 12.8. The zero-order valence-corrected chi connectivity index (χ0v) is 16.0. The van der Waals surface area contributed by atoms with E-state index in [4.69, 9.17) is 15.7 Å². The summed E-state index contributed by atoms with van der Waals surface area (Å²) in [6.45, 7) is 3.39. The smallest absolute Gasteiger partial charge is 0.222 e. The van der Waals surface area contributed by atoms with Gasteiger partial charge in [0.15, 0.2) is 0 Å². The number of nitrogen functional groups attached to an aromatic ring is 1. The van der Waals surface area contributed by atoms with Gasteiger partial charge in [0.05, 0.1) is 5.69 Å². The average Bonchev–Trinajstić information content (AvgIpc) is 3.03. The highest BCUT2D eigenvalue weighted by atomic mass is 15.3. The van der Waals surface area contributed by atoms with Gasteiger partial charge in [0, 0.05) is 30.1 Å². The molecule has 1 aromatic heterocycles. The number of rotatable bonds is 1. The topological polar surface area (TPSA) is 67.1 Å². The SMILES string of the molecule is Nc1nc(N2C[C@@H]3CCCN[C@H]3C2)c2c(n1)C1(CCCCC1)CCCC2. The third kappa shape index (κ3) is 2.79. The Morgan fingerprint density at radius 3 is 2.58 bits per heavy atom. The Hall–Kier alpha value is -1.36. The zero-order valence-electron chi connectivity index (χ0n) is 16.0. The first-order valence-electron chi connectivity index (χ1n) is 10.9. The summed E-state index contributed by atoms with van der Waals surface area (Å²) in [5.41, 5.74) is 9.33. The number of anilines is 2. The van der Waals surface area contributed by atoms with Gasteiger partial charge in [-0.25, -0.2) is 4.98 Å². The van der Waals surface area contributed by atoms with Crippen LogP contribution in [-0.2, 0) is 11.8 Å². The van der Waals surface area contributed by atoms with Crippen LogP contribution in [0.15, 0.2) is 0 Å². The fourth-order valence-corrected chi connectivity index (χ4v) is 6.24. The Balaban J connectivity index is 1.55. The minimum atomic E-state index is 0.278. The highest BCUT2D eigenvalue weighted by Gasteiger charge is 2.41. The summed E-state index contributed by atoms with van der Waals surface area (Å²) in [7, 11) is 0. The van der Waals surface area contributed by atoms with Crippen LogP contribution in [0.5, 0.6) is 0 Å². The van der Waals surface area contributed by atoms with Crippen molar-refractivity contribution in [1.82, 2.24) is 15.3 Å². The van der Waals surface area contributed by atoms with Crippen LogP contribution in [0, 0.1) is 5.92 Å². The molecule has 1 spiro atoms.